The highest BCUT2D eigenvalue weighted by Crippen LogP contribution is 2.36. The second kappa shape index (κ2) is 10.5. The average molecular weight is 523 g/mol. The van der Waals surface area contributed by atoms with Crippen molar-refractivity contribution in [3.8, 4) is 34.7 Å². The van der Waals surface area contributed by atoms with Crippen LogP contribution < -0.4 is 11.1 Å². The van der Waals surface area contributed by atoms with Crippen LogP contribution in [0.2, 0.25) is 0 Å². The lowest BCUT2D eigenvalue weighted by Crippen LogP contribution is -2.12. The van der Waals surface area contributed by atoms with E-state index in [1.165, 1.54) is 29.4 Å². The Morgan fingerprint density at radius 3 is 2.62 bits per heavy atom. The van der Waals surface area contributed by atoms with Crippen LogP contribution in [0.15, 0.2) is 75.7 Å². The summed E-state index contributed by atoms with van der Waals surface area (Å²) in [6.07, 6.45) is 1.62. The highest BCUT2D eigenvalue weighted by atomic mass is 32.2. The molecule has 180 valence electrons. The number of benzene rings is 2. The number of anilines is 2. The number of furan rings is 1. The van der Waals surface area contributed by atoms with Crippen LogP contribution in [0.4, 0.5) is 10.9 Å². The van der Waals surface area contributed by atoms with Crippen LogP contribution in [-0.2, 0) is 4.79 Å². The summed E-state index contributed by atoms with van der Waals surface area (Å²) in [5, 5.41) is 27.2. The van der Waals surface area contributed by atoms with Crippen molar-refractivity contribution in [1.29, 1.82) is 10.5 Å². The van der Waals surface area contributed by atoms with Crippen molar-refractivity contribution >= 4 is 50.7 Å². The number of nitrogens with zero attached hydrogens (tertiary/aromatic N) is 4. The summed E-state index contributed by atoms with van der Waals surface area (Å²) in [7, 11) is 0. The van der Waals surface area contributed by atoms with E-state index >= 15 is 0 Å². The third-order valence-corrected chi connectivity index (χ3v) is 7.28. The molecule has 3 aromatic heterocycles. The number of thiazole rings is 1. The largest absolute Gasteiger partial charge is 0.464 e. The molecule has 2 aromatic carbocycles. The number of fused-ring (bicyclic) bond motifs is 1. The van der Waals surface area contributed by atoms with Gasteiger partial charge in [-0.25, -0.2) is 9.97 Å². The number of carbonyl (C=O) groups is 1. The first kappa shape index (κ1) is 24.1. The van der Waals surface area contributed by atoms with E-state index in [0.29, 0.717) is 27.2 Å². The Balaban J connectivity index is 1.25. The molecule has 37 heavy (non-hydrogen) atoms. The maximum Gasteiger partial charge on any atom is 0.226 e. The van der Waals surface area contributed by atoms with Crippen LogP contribution in [0.3, 0.4) is 0 Å². The molecule has 3 N–H and O–H groups in total. The summed E-state index contributed by atoms with van der Waals surface area (Å²) in [6, 6.07) is 21.7. The van der Waals surface area contributed by atoms with Crippen molar-refractivity contribution < 1.29 is 9.21 Å². The molecule has 0 atom stereocenters. The monoisotopic (exact) mass is 522 g/mol. The zero-order valence-corrected chi connectivity index (χ0v) is 20.9. The Kier molecular flexibility index (Phi) is 6.86. The van der Waals surface area contributed by atoms with Crippen molar-refractivity contribution in [2.24, 2.45) is 0 Å². The predicted molar refractivity (Wildman–Crippen MR) is 145 cm³/mol. The fourth-order valence-corrected chi connectivity index (χ4v) is 5.48. The highest BCUT2D eigenvalue weighted by molar-refractivity contribution is 7.99. The van der Waals surface area contributed by atoms with Crippen molar-refractivity contribution in [2.75, 3.05) is 16.8 Å². The lowest BCUT2D eigenvalue weighted by atomic mass is 10.0. The fourth-order valence-electron chi connectivity index (χ4n) is 3.80. The van der Waals surface area contributed by atoms with E-state index in [-0.39, 0.29) is 29.3 Å². The number of hydrogen-bond donors (Lipinski definition) is 2. The van der Waals surface area contributed by atoms with Crippen LogP contribution >= 0.6 is 23.1 Å². The van der Waals surface area contributed by atoms with E-state index in [2.05, 4.69) is 45.6 Å². The second-order valence-corrected chi connectivity index (χ2v) is 9.82. The van der Waals surface area contributed by atoms with Crippen LogP contribution in [0.5, 0.6) is 0 Å². The number of rotatable bonds is 7. The Morgan fingerprint density at radius 2 is 1.86 bits per heavy atom. The summed E-state index contributed by atoms with van der Waals surface area (Å²) in [6.45, 7) is 0. The molecule has 0 aliphatic rings. The van der Waals surface area contributed by atoms with Crippen molar-refractivity contribution in [2.45, 2.75) is 11.4 Å². The van der Waals surface area contributed by atoms with Gasteiger partial charge in [0, 0.05) is 23.1 Å². The van der Waals surface area contributed by atoms with Gasteiger partial charge >= 0.3 is 0 Å². The SMILES string of the molecule is N#Cc1c(N)nc(SCCC(=O)Nc2nc(-c3ccc4ccccc4c3)cs2)c(C#N)c1-c1ccco1. The molecule has 0 spiro atoms. The topological polar surface area (TPSA) is 142 Å². The van der Waals surface area contributed by atoms with Gasteiger partial charge < -0.3 is 15.5 Å². The number of aromatic nitrogens is 2. The van der Waals surface area contributed by atoms with E-state index in [0.717, 1.165) is 22.0 Å². The molecule has 0 saturated carbocycles. The molecule has 0 saturated heterocycles. The number of nitriles is 2. The number of nitrogen functional groups attached to an aromatic ring is 1. The van der Waals surface area contributed by atoms with Crippen molar-refractivity contribution in [3.63, 3.8) is 0 Å². The van der Waals surface area contributed by atoms with Gasteiger partial charge in [0.15, 0.2) is 5.13 Å². The molecule has 1 amide bonds. The first-order valence-electron chi connectivity index (χ1n) is 11.1. The Hall–Kier alpha value is -4.64. The van der Waals surface area contributed by atoms with Gasteiger partial charge in [-0.15, -0.1) is 23.1 Å². The maximum atomic E-state index is 12.6. The molecule has 5 aromatic rings. The number of carbonyl (C=O) groups excluding carboxylic acids is 1. The molecule has 0 unspecified atom stereocenters. The third kappa shape index (κ3) is 5.02. The fraction of sp³-hybridized carbons (Fsp3) is 0.0741. The Bertz CT molecular complexity index is 1700. The van der Waals surface area contributed by atoms with E-state index in [1.54, 1.807) is 12.1 Å². The quantitative estimate of drug-likeness (QED) is 0.245. The van der Waals surface area contributed by atoms with Crippen LogP contribution in [0.25, 0.3) is 33.4 Å². The average Bonchev–Trinajstić information content (AvgIpc) is 3.61. The second-order valence-electron chi connectivity index (χ2n) is 7.87. The molecule has 3 heterocycles. The highest BCUT2D eigenvalue weighted by Gasteiger charge is 2.22. The van der Waals surface area contributed by atoms with Gasteiger partial charge in [-0.1, -0.05) is 36.4 Å². The Labute approximate surface area is 220 Å². The minimum atomic E-state index is -0.210. The van der Waals surface area contributed by atoms with Gasteiger partial charge in [-0.05, 0) is 29.0 Å². The van der Waals surface area contributed by atoms with Crippen LogP contribution in [0, 0.1) is 22.7 Å². The smallest absolute Gasteiger partial charge is 0.226 e. The number of pyridine rings is 1. The molecule has 0 radical (unpaired) electrons. The molecule has 0 aliphatic heterocycles. The van der Waals surface area contributed by atoms with E-state index in [1.807, 2.05) is 29.6 Å². The van der Waals surface area contributed by atoms with Gasteiger partial charge in [-0.2, -0.15) is 10.5 Å². The molecule has 0 fully saturated rings. The number of hydrogen-bond acceptors (Lipinski definition) is 9. The lowest BCUT2D eigenvalue weighted by Gasteiger charge is -2.11. The standard InChI is InChI=1S/C27H18N6O2S2/c28-13-19-24(22-6-3-10-35-22)20(14-29)26(33-25(19)30)36-11-9-23(34)32-27-31-21(15-37-27)18-8-7-16-4-1-2-5-17(16)12-18/h1-8,10,12,15H,9,11H2,(H2,30,33)(H,31,32,34). The predicted octanol–water partition coefficient (Wildman–Crippen LogP) is 6.06. The first-order valence-corrected chi connectivity index (χ1v) is 13.0. The van der Waals surface area contributed by atoms with Crippen LogP contribution in [0.1, 0.15) is 17.5 Å². The zero-order valence-electron chi connectivity index (χ0n) is 19.3. The van der Waals surface area contributed by atoms with Gasteiger partial charge in [0.2, 0.25) is 5.91 Å². The maximum absolute atomic E-state index is 12.6. The summed E-state index contributed by atoms with van der Waals surface area (Å²) in [5.41, 5.74) is 8.34. The van der Waals surface area contributed by atoms with Crippen molar-refractivity contribution in [3.05, 3.63) is 77.4 Å². The van der Waals surface area contributed by atoms with Crippen LogP contribution in [-0.4, -0.2) is 21.6 Å². The van der Waals surface area contributed by atoms with E-state index in [4.69, 9.17) is 10.2 Å². The summed E-state index contributed by atoms with van der Waals surface area (Å²) in [5.74, 6) is 0.495. The summed E-state index contributed by atoms with van der Waals surface area (Å²) >= 11 is 2.57. The number of nitrogens with two attached hydrogens (primary N) is 1. The molecule has 10 heteroatoms. The molecule has 5 rings (SSSR count). The molecule has 8 nitrogen and oxygen atoms in total. The van der Waals surface area contributed by atoms with Gasteiger partial charge in [0.1, 0.15) is 34.3 Å². The zero-order chi connectivity index (χ0) is 25.8. The van der Waals surface area contributed by atoms with Gasteiger partial charge in [0.25, 0.3) is 0 Å². The molecular formula is C27H18N6O2S2. The minimum Gasteiger partial charge on any atom is -0.464 e. The molecule has 0 bridgehead atoms. The van der Waals surface area contributed by atoms with Gasteiger partial charge in [0.05, 0.1) is 23.1 Å². The molecule has 0 aliphatic carbocycles. The van der Waals surface area contributed by atoms with E-state index < -0.39 is 0 Å². The van der Waals surface area contributed by atoms with Crippen molar-refractivity contribution in [1.82, 2.24) is 9.97 Å². The van der Waals surface area contributed by atoms with E-state index in [9.17, 15) is 15.3 Å². The minimum absolute atomic E-state index is 0.00357. The number of nitrogens with one attached hydrogen (secondary N) is 1. The summed E-state index contributed by atoms with van der Waals surface area (Å²) < 4.78 is 5.41. The first-order chi connectivity index (χ1) is 18.1. The van der Waals surface area contributed by atoms with Gasteiger partial charge in [-0.3, -0.25) is 4.79 Å². The number of thioether (sulfide) groups is 1. The molecular weight excluding hydrogens is 504 g/mol. The lowest BCUT2D eigenvalue weighted by molar-refractivity contribution is -0.115. The Morgan fingerprint density at radius 1 is 1.05 bits per heavy atom. The third-order valence-electron chi connectivity index (χ3n) is 5.55. The normalized spacial score (nSPS) is 10.6. The summed E-state index contributed by atoms with van der Waals surface area (Å²) in [4.78, 5) is 21.4. The number of amides is 1.